The van der Waals surface area contributed by atoms with Gasteiger partial charge in [-0.05, 0) is 30.0 Å². The Morgan fingerprint density at radius 3 is 2.43 bits per heavy atom. The third-order valence-corrected chi connectivity index (χ3v) is 5.11. The van der Waals surface area contributed by atoms with Gasteiger partial charge in [-0.3, -0.25) is 14.5 Å². The number of nitrogens with zero attached hydrogens (tertiary/aromatic N) is 1. The van der Waals surface area contributed by atoms with Crippen molar-refractivity contribution >= 4 is 17.8 Å². The van der Waals surface area contributed by atoms with Crippen molar-refractivity contribution in [3.63, 3.8) is 0 Å². The van der Waals surface area contributed by atoms with Gasteiger partial charge >= 0.3 is 6.03 Å². The zero-order chi connectivity index (χ0) is 20.1. The Hall–Kier alpha value is -3.15. The topological polar surface area (TPSA) is 78.5 Å². The van der Waals surface area contributed by atoms with Crippen LogP contribution in [0, 0.1) is 6.92 Å². The van der Waals surface area contributed by atoms with Crippen molar-refractivity contribution in [3.8, 4) is 0 Å². The molecule has 4 amide bonds. The molecule has 3 rings (SSSR count). The summed E-state index contributed by atoms with van der Waals surface area (Å²) in [6.07, 6.45) is 1.19. The minimum absolute atomic E-state index is 0.297. The van der Waals surface area contributed by atoms with E-state index in [2.05, 4.69) is 10.6 Å². The molecule has 1 aliphatic heterocycles. The minimum atomic E-state index is -1.11. The first-order chi connectivity index (χ1) is 13.5. The number of nitrogens with one attached hydrogen (secondary N) is 2. The molecule has 1 aliphatic rings. The van der Waals surface area contributed by atoms with Crippen molar-refractivity contribution in [2.75, 3.05) is 6.54 Å². The Balaban J connectivity index is 1.72. The van der Waals surface area contributed by atoms with Crippen molar-refractivity contribution in [2.45, 2.75) is 38.8 Å². The molecule has 28 heavy (non-hydrogen) atoms. The first kappa shape index (κ1) is 19.6. The summed E-state index contributed by atoms with van der Waals surface area (Å²) in [6.45, 7) is 3.99. The fourth-order valence-corrected chi connectivity index (χ4v) is 3.58. The molecular formula is C22H25N3O3. The molecule has 0 aromatic heterocycles. The standard InChI is InChI=1S/C22H25N3O3/c1-3-13-22(18-11-5-4-6-12-18)20(27)25(21(28)24-22)15-19(26)23-14-17-10-8-7-9-16(17)2/h4-12H,3,13-15H2,1-2H3,(H,23,26)(H,24,28)/t22-/m1/s1. The quantitative estimate of drug-likeness (QED) is 0.726. The smallest absolute Gasteiger partial charge is 0.325 e. The third-order valence-electron chi connectivity index (χ3n) is 5.11. The number of imide groups is 1. The maximum atomic E-state index is 13.2. The Labute approximate surface area is 164 Å². The molecule has 1 fully saturated rings. The summed E-state index contributed by atoms with van der Waals surface area (Å²) in [5, 5.41) is 5.62. The highest BCUT2D eigenvalue weighted by molar-refractivity contribution is 6.09. The SMILES string of the molecule is CCC[C@]1(c2ccccc2)NC(=O)N(CC(=O)NCc2ccccc2C)C1=O. The number of carbonyl (C=O) groups excluding carboxylic acids is 3. The van der Waals surface area contributed by atoms with Crippen LogP contribution >= 0.6 is 0 Å². The summed E-state index contributed by atoms with van der Waals surface area (Å²) in [4.78, 5) is 39.1. The molecule has 0 bridgehead atoms. The molecule has 2 aromatic carbocycles. The first-order valence-electron chi connectivity index (χ1n) is 9.49. The van der Waals surface area contributed by atoms with Gasteiger partial charge in [-0.2, -0.15) is 0 Å². The fraction of sp³-hybridized carbons (Fsp3) is 0.318. The molecule has 0 aliphatic carbocycles. The van der Waals surface area contributed by atoms with Crippen LogP contribution in [0.15, 0.2) is 54.6 Å². The number of amides is 4. The Bertz CT molecular complexity index is 882. The fourth-order valence-electron chi connectivity index (χ4n) is 3.58. The van der Waals surface area contributed by atoms with Crippen molar-refractivity contribution in [3.05, 3.63) is 71.3 Å². The summed E-state index contributed by atoms with van der Waals surface area (Å²) < 4.78 is 0. The molecule has 0 spiro atoms. The predicted octanol–water partition coefficient (Wildman–Crippen LogP) is 2.86. The lowest BCUT2D eigenvalue weighted by Gasteiger charge is -2.26. The second-order valence-corrected chi connectivity index (χ2v) is 7.05. The molecule has 1 heterocycles. The molecule has 1 saturated heterocycles. The molecule has 6 heteroatoms. The largest absolute Gasteiger partial charge is 0.350 e. The number of urea groups is 1. The van der Waals surface area contributed by atoms with Crippen LogP contribution < -0.4 is 10.6 Å². The first-order valence-corrected chi connectivity index (χ1v) is 9.49. The third kappa shape index (κ3) is 3.76. The highest BCUT2D eigenvalue weighted by Crippen LogP contribution is 2.33. The highest BCUT2D eigenvalue weighted by atomic mass is 16.2. The van der Waals surface area contributed by atoms with Gasteiger partial charge in [0.15, 0.2) is 0 Å². The number of carbonyl (C=O) groups is 3. The molecule has 2 aromatic rings. The van der Waals surface area contributed by atoms with Crippen LogP contribution in [0.4, 0.5) is 4.79 Å². The second-order valence-electron chi connectivity index (χ2n) is 7.05. The van der Waals surface area contributed by atoms with E-state index < -0.39 is 11.6 Å². The van der Waals surface area contributed by atoms with E-state index in [4.69, 9.17) is 0 Å². The van der Waals surface area contributed by atoms with Gasteiger partial charge in [-0.25, -0.2) is 4.79 Å². The number of benzene rings is 2. The maximum absolute atomic E-state index is 13.2. The van der Waals surface area contributed by atoms with E-state index in [1.54, 1.807) is 0 Å². The predicted molar refractivity (Wildman–Crippen MR) is 106 cm³/mol. The maximum Gasteiger partial charge on any atom is 0.325 e. The monoisotopic (exact) mass is 379 g/mol. The number of aryl methyl sites for hydroxylation is 1. The van der Waals surface area contributed by atoms with E-state index in [0.717, 1.165) is 21.6 Å². The van der Waals surface area contributed by atoms with Gasteiger partial charge in [0.1, 0.15) is 12.1 Å². The van der Waals surface area contributed by atoms with Crippen molar-refractivity contribution in [1.82, 2.24) is 15.5 Å². The van der Waals surface area contributed by atoms with Crippen LogP contribution in [0.2, 0.25) is 0 Å². The molecule has 2 N–H and O–H groups in total. The van der Waals surface area contributed by atoms with Gasteiger partial charge in [0, 0.05) is 6.54 Å². The molecule has 0 unspecified atom stereocenters. The van der Waals surface area contributed by atoms with Crippen LogP contribution in [-0.2, 0) is 21.7 Å². The lowest BCUT2D eigenvalue weighted by Crippen LogP contribution is -2.45. The normalized spacial score (nSPS) is 18.9. The molecule has 0 radical (unpaired) electrons. The second kappa shape index (κ2) is 8.25. The summed E-state index contributed by atoms with van der Waals surface area (Å²) in [5.74, 6) is -0.747. The van der Waals surface area contributed by atoms with Gasteiger partial charge in [0.2, 0.25) is 5.91 Å². The van der Waals surface area contributed by atoms with Gasteiger partial charge in [0.25, 0.3) is 5.91 Å². The van der Waals surface area contributed by atoms with Crippen LogP contribution in [0.5, 0.6) is 0 Å². The lowest BCUT2D eigenvalue weighted by atomic mass is 9.85. The summed E-state index contributed by atoms with van der Waals surface area (Å²) in [7, 11) is 0. The number of rotatable bonds is 7. The minimum Gasteiger partial charge on any atom is -0.350 e. The van der Waals surface area contributed by atoms with Crippen LogP contribution in [0.3, 0.4) is 0 Å². The van der Waals surface area contributed by atoms with Gasteiger partial charge in [-0.15, -0.1) is 0 Å². The van der Waals surface area contributed by atoms with E-state index in [1.807, 2.05) is 68.4 Å². The Kier molecular flexibility index (Phi) is 5.78. The van der Waals surface area contributed by atoms with E-state index >= 15 is 0 Å². The molecule has 1 atom stereocenters. The van der Waals surface area contributed by atoms with E-state index in [0.29, 0.717) is 19.4 Å². The van der Waals surface area contributed by atoms with E-state index in [1.165, 1.54) is 0 Å². The highest BCUT2D eigenvalue weighted by Gasteiger charge is 2.52. The summed E-state index contributed by atoms with van der Waals surface area (Å²) in [6, 6.07) is 16.4. The van der Waals surface area contributed by atoms with Crippen molar-refractivity contribution in [1.29, 1.82) is 0 Å². The average Bonchev–Trinajstić information content (AvgIpc) is 2.93. The van der Waals surface area contributed by atoms with Gasteiger partial charge in [-0.1, -0.05) is 67.9 Å². The molecule has 146 valence electrons. The average molecular weight is 379 g/mol. The van der Waals surface area contributed by atoms with E-state index in [-0.39, 0.29) is 18.4 Å². The van der Waals surface area contributed by atoms with Crippen LogP contribution in [0.1, 0.15) is 36.5 Å². The number of hydrogen-bond donors (Lipinski definition) is 2. The summed E-state index contributed by atoms with van der Waals surface area (Å²) >= 11 is 0. The van der Waals surface area contributed by atoms with Gasteiger partial charge < -0.3 is 10.6 Å². The van der Waals surface area contributed by atoms with Crippen LogP contribution in [-0.4, -0.2) is 29.3 Å². The van der Waals surface area contributed by atoms with Gasteiger partial charge in [0.05, 0.1) is 0 Å². The molecular weight excluding hydrogens is 354 g/mol. The zero-order valence-corrected chi connectivity index (χ0v) is 16.2. The zero-order valence-electron chi connectivity index (χ0n) is 16.2. The Morgan fingerprint density at radius 1 is 1.07 bits per heavy atom. The van der Waals surface area contributed by atoms with Crippen molar-refractivity contribution < 1.29 is 14.4 Å². The van der Waals surface area contributed by atoms with Crippen LogP contribution in [0.25, 0.3) is 0 Å². The Morgan fingerprint density at radius 2 is 1.75 bits per heavy atom. The van der Waals surface area contributed by atoms with E-state index in [9.17, 15) is 14.4 Å². The van der Waals surface area contributed by atoms with Crippen molar-refractivity contribution in [2.24, 2.45) is 0 Å². The molecule has 6 nitrogen and oxygen atoms in total. The molecule has 0 saturated carbocycles. The number of hydrogen-bond acceptors (Lipinski definition) is 3. The summed E-state index contributed by atoms with van der Waals surface area (Å²) in [5.41, 5.74) is 1.70. The lowest BCUT2D eigenvalue weighted by molar-refractivity contribution is -0.135.